The van der Waals surface area contributed by atoms with Crippen molar-refractivity contribution in [2.45, 2.75) is 45.3 Å². The van der Waals surface area contributed by atoms with Crippen LogP contribution in [0.2, 0.25) is 0 Å². The van der Waals surface area contributed by atoms with Gasteiger partial charge in [-0.25, -0.2) is 0 Å². The minimum atomic E-state index is -0.164. The number of ether oxygens (including phenoxy) is 3. The van der Waals surface area contributed by atoms with E-state index in [1.807, 2.05) is 32.0 Å². The number of furan rings is 1. The summed E-state index contributed by atoms with van der Waals surface area (Å²) in [6.45, 7) is 8.09. The summed E-state index contributed by atoms with van der Waals surface area (Å²) in [5.41, 5.74) is 3.27. The molecule has 1 saturated heterocycles. The van der Waals surface area contributed by atoms with Crippen molar-refractivity contribution in [3.63, 3.8) is 0 Å². The van der Waals surface area contributed by atoms with Crippen molar-refractivity contribution >= 4 is 22.8 Å². The largest absolute Gasteiger partial charge is 0.493 e. The maximum atomic E-state index is 8.13. The average Bonchev–Trinajstić information content (AvgIpc) is 3.46. The molecule has 0 unspecified atom stereocenters. The summed E-state index contributed by atoms with van der Waals surface area (Å²) in [5.74, 6) is 0.810. The van der Waals surface area contributed by atoms with E-state index in [2.05, 4.69) is 29.2 Å². The third-order valence-corrected chi connectivity index (χ3v) is 7.03. The van der Waals surface area contributed by atoms with Crippen LogP contribution in [-0.2, 0) is 21.7 Å². The van der Waals surface area contributed by atoms with Gasteiger partial charge in [0.2, 0.25) is 0 Å². The van der Waals surface area contributed by atoms with Gasteiger partial charge in [0.25, 0.3) is 5.90 Å². The van der Waals surface area contributed by atoms with Gasteiger partial charge in [-0.3, -0.25) is 10.8 Å². The second-order valence-corrected chi connectivity index (χ2v) is 9.71. The predicted molar refractivity (Wildman–Crippen MR) is 135 cm³/mol. The fourth-order valence-electron chi connectivity index (χ4n) is 4.96. The summed E-state index contributed by atoms with van der Waals surface area (Å²) in [4.78, 5) is 2.50. The second-order valence-electron chi connectivity index (χ2n) is 9.71. The molecule has 0 saturated carbocycles. The molecule has 7 nitrogen and oxygen atoms in total. The number of benzene rings is 2. The fourth-order valence-corrected chi connectivity index (χ4v) is 4.96. The summed E-state index contributed by atoms with van der Waals surface area (Å²) < 4.78 is 23.5. The first-order valence-corrected chi connectivity index (χ1v) is 12.4. The van der Waals surface area contributed by atoms with Crippen molar-refractivity contribution in [2.24, 2.45) is 5.92 Å². The van der Waals surface area contributed by atoms with Crippen molar-refractivity contribution in [2.75, 3.05) is 26.2 Å². The van der Waals surface area contributed by atoms with Crippen LogP contribution < -0.4 is 4.74 Å². The Kier molecular flexibility index (Phi) is 6.62. The lowest BCUT2D eigenvalue weighted by molar-refractivity contribution is -0.0790. The lowest BCUT2D eigenvalue weighted by Gasteiger charge is -2.39. The topological polar surface area (TPSA) is 91.8 Å². The van der Waals surface area contributed by atoms with Crippen molar-refractivity contribution in [3.05, 3.63) is 65.4 Å². The SMILES string of the molecule is CC(C)C(=N)OC(=N)c1cc2c(OCCCN3CCC4(CC3)OCc3ccccc34)cccc2o1. The van der Waals surface area contributed by atoms with Crippen molar-refractivity contribution in [1.29, 1.82) is 10.8 Å². The third-order valence-electron chi connectivity index (χ3n) is 7.03. The number of fused-ring (bicyclic) bond motifs is 3. The molecular weight excluding hydrogens is 442 g/mol. The molecule has 2 aliphatic rings. The van der Waals surface area contributed by atoms with Gasteiger partial charge in [-0.15, -0.1) is 0 Å². The van der Waals surface area contributed by atoms with E-state index in [9.17, 15) is 0 Å². The standard InChI is InChI=1S/C28H33N3O4/c1-19(2)26(29)35-27(30)25-17-21-23(9-5-10-24(21)34-25)32-16-6-13-31-14-11-28(12-15-31)22-8-4-3-7-20(22)18-33-28/h3-5,7-10,17,19,29-30H,6,11-16,18H2,1-2H3. The van der Waals surface area contributed by atoms with Crippen molar-refractivity contribution < 1.29 is 18.6 Å². The lowest BCUT2D eigenvalue weighted by Crippen LogP contribution is -2.43. The first kappa shape index (κ1) is 23.6. The molecule has 0 bridgehead atoms. The smallest absolute Gasteiger partial charge is 0.256 e. The maximum Gasteiger partial charge on any atom is 0.256 e. The molecule has 2 aromatic carbocycles. The van der Waals surface area contributed by atoms with E-state index >= 15 is 0 Å². The van der Waals surface area contributed by atoms with Gasteiger partial charge in [-0.05, 0) is 42.5 Å². The van der Waals surface area contributed by atoms with Crippen molar-refractivity contribution in [1.82, 2.24) is 4.90 Å². The molecule has 3 aromatic rings. The number of piperidine rings is 1. The van der Waals surface area contributed by atoms with Crippen LogP contribution in [0.4, 0.5) is 0 Å². The van der Waals surface area contributed by atoms with Gasteiger partial charge >= 0.3 is 0 Å². The zero-order valence-corrected chi connectivity index (χ0v) is 20.4. The molecule has 2 N–H and O–H groups in total. The summed E-state index contributed by atoms with van der Waals surface area (Å²) in [6, 6.07) is 16.0. The van der Waals surface area contributed by atoms with Crippen molar-refractivity contribution in [3.8, 4) is 5.75 Å². The number of nitrogens with one attached hydrogen (secondary N) is 2. The number of rotatable bonds is 7. The molecule has 2 aliphatic heterocycles. The number of hydrogen-bond acceptors (Lipinski definition) is 7. The Hall–Kier alpha value is -3.16. The Morgan fingerprint density at radius 2 is 1.89 bits per heavy atom. The number of likely N-dealkylation sites (tertiary alicyclic amines) is 1. The first-order valence-electron chi connectivity index (χ1n) is 12.4. The van der Waals surface area contributed by atoms with E-state index in [-0.39, 0.29) is 23.3 Å². The normalized spacial score (nSPS) is 17.1. The van der Waals surface area contributed by atoms with E-state index in [0.29, 0.717) is 18.0 Å². The van der Waals surface area contributed by atoms with E-state index in [4.69, 9.17) is 29.4 Å². The molecular formula is C28H33N3O4. The van der Waals surface area contributed by atoms with Gasteiger partial charge in [-0.1, -0.05) is 44.2 Å². The van der Waals surface area contributed by atoms with Gasteiger partial charge in [0.05, 0.1) is 24.2 Å². The number of nitrogens with zero attached hydrogens (tertiary/aromatic N) is 1. The van der Waals surface area contributed by atoms with E-state index < -0.39 is 0 Å². The molecule has 7 heteroatoms. The van der Waals surface area contributed by atoms with Gasteiger partial charge in [-0.2, -0.15) is 0 Å². The summed E-state index contributed by atoms with van der Waals surface area (Å²) >= 11 is 0. The van der Waals surface area contributed by atoms with E-state index in [1.54, 1.807) is 6.07 Å². The van der Waals surface area contributed by atoms with Crippen LogP contribution in [-0.4, -0.2) is 42.9 Å². The minimum Gasteiger partial charge on any atom is -0.493 e. The third kappa shape index (κ3) is 4.83. The van der Waals surface area contributed by atoms with Crippen LogP contribution in [0.3, 0.4) is 0 Å². The second kappa shape index (κ2) is 9.84. The van der Waals surface area contributed by atoms with Gasteiger partial charge in [0, 0.05) is 31.6 Å². The number of hydrogen-bond donors (Lipinski definition) is 2. The maximum absolute atomic E-state index is 8.13. The quantitative estimate of drug-likeness (QED) is 0.260. The molecule has 0 atom stereocenters. The summed E-state index contributed by atoms with van der Waals surface area (Å²) in [7, 11) is 0. The van der Waals surface area contributed by atoms with Gasteiger partial charge < -0.3 is 23.5 Å². The van der Waals surface area contributed by atoms with E-state index in [1.165, 1.54) is 11.1 Å². The van der Waals surface area contributed by atoms with Crippen LogP contribution in [0.5, 0.6) is 5.75 Å². The zero-order chi connectivity index (χ0) is 24.4. The molecule has 1 fully saturated rings. The molecule has 5 rings (SSSR count). The molecule has 0 aliphatic carbocycles. The Labute approximate surface area is 206 Å². The molecule has 1 aromatic heterocycles. The lowest BCUT2D eigenvalue weighted by atomic mass is 9.84. The summed E-state index contributed by atoms with van der Waals surface area (Å²) in [6.07, 6.45) is 2.99. The molecule has 0 radical (unpaired) electrons. The van der Waals surface area contributed by atoms with Crippen LogP contribution in [0.1, 0.15) is 50.0 Å². The minimum absolute atomic E-state index is 0.0410. The van der Waals surface area contributed by atoms with Crippen LogP contribution >= 0.6 is 0 Å². The first-order chi connectivity index (χ1) is 16.9. The average molecular weight is 476 g/mol. The van der Waals surface area contributed by atoms with Gasteiger partial charge in [0.1, 0.15) is 11.3 Å². The zero-order valence-electron chi connectivity index (χ0n) is 20.4. The van der Waals surface area contributed by atoms with E-state index in [0.717, 1.165) is 56.6 Å². The highest BCUT2D eigenvalue weighted by Gasteiger charge is 2.42. The molecule has 184 valence electrons. The fraction of sp³-hybridized carbons (Fsp3) is 0.429. The molecule has 3 heterocycles. The Morgan fingerprint density at radius 3 is 2.69 bits per heavy atom. The summed E-state index contributed by atoms with van der Waals surface area (Å²) in [5, 5.41) is 16.8. The van der Waals surface area contributed by atoms with Crippen LogP contribution in [0.15, 0.2) is 52.9 Å². The molecule has 1 spiro atoms. The van der Waals surface area contributed by atoms with Crippen LogP contribution in [0.25, 0.3) is 11.0 Å². The predicted octanol–water partition coefficient (Wildman–Crippen LogP) is 5.70. The van der Waals surface area contributed by atoms with Crippen LogP contribution in [0, 0.1) is 16.7 Å². The molecule has 35 heavy (non-hydrogen) atoms. The Bertz CT molecular complexity index is 1220. The van der Waals surface area contributed by atoms with Gasteiger partial charge in [0.15, 0.2) is 11.7 Å². The highest BCUT2D eigenvalue weighted by atomic mass is 16.5. The Balaban J connectivity index is 1.12. The monoisotopic (exact) mass is 475 g/mol. The Morgan fingerprint density at radius 1 is 1.09 bits per heavy atom. The highest BCUT2D eigenvalue weighted by molar-refractivity contribution is 6.01. The highest BCUT2D eigenvalue weighted by Crippen LogP contribution is 2.43. The molecule has 0 amide bonds.